The lowest BCUT2D eigenvalue weighted by Crippen LogP contribution is -2.03. The molecule has 0 bridgehead atoms. The van der Waals surface area contributed by atoms with E-state index in [1.165, 1.54) is 18.5 Å². The van der Waals surface area contributed by atoms with Crippen LogP contribution in [0.2, 0.25) is 0 Å². The molecule has 0 spiro atoms. The van der Waals surface area contributed by atoms with Gasteiger partial charge in [-0.1, -0.05) is 42.5 Å². The monoisotopic (exact) mass is 464 g/mol. The Balaban J connectivity index is 1.55. The fourth-order valence-corrected chi connectivity index (χ4v) is 3.62. The number of nitrogens with zero attached hydrogens (tertiary/aromatic N) is 3. The number of aromatic nitrogens is 3. The number of anilines is 2. The number of rotatable bonds is 9. The quantitative estimate of drug-likeness (QED) is 0.359. The van der Waals surface area contributed by atoms with Crippen LogP contribution in [0.3, 0.4) is 0 Å². The molecular formula is C24H21FN4O3S. The predicted molar refractivity (Wildman–Crippen MR) is 125 cm³/mol. The van der Waals surface area contributed by atoms with Gasteiger partial charge in [0.2, 0.25) is 5.95 Å². The molecule has 0 aliphatic heterocycles. The number of ether oxygens (including phenoxy) is 1. The third-order valence-electron chi connectivity index (χ3n) is 4.76. The van der Waals surface area contributed by atoms with Crippen LogP contribution in [0.1, 0.15) is 11.1 Å². The second-order valence-corrected chi connectivity index (χ2v) is 8.29. The number of hydrogen-bond donors (Lipinski definition) is 2. The summed E-state index contributed by atoms with van der Waals surface area (Å²) in [6.07, 6.45) is 1.79. The van der Waals surface area contributed by atoms with Gasteiger partial charge in [0.15, 0.2) is 5.82 Å². The summed E-state index contributed by atoms with van der Waals surface area (Å²) in [6, 6.07) is 21.1. The molecule has 3 aromatic carbocycles. The molecule has 0 saturated carbocycles. The molecule has 33 heavy (non-hydrogen) atoms. The van der Waals surface area contributed by atoms with E-state index in [1.807, 2.05) is 54.6 Å². The molecule has 0 fully saturated rings. The van der Waals surface area contributed by atoms with Crippen molar-refractivity contribution in [1.29, 1.82) is 0 Å². The Morgan fingerprint density at radius 2 is 1.73 bits per heavy atom. The maximum Gasteiger partial charge on any atom is 0.230 e. The Kier molecular flexibility index (Phi) is 7.21. The van der Waals surface area contributed by atoms with Crippen LogP contribution >= 0.6 is 0 Å². The Bertz CT molecular complexity index is 1310. The number of halogens is 1. The van der Waals surface area contributed by atoms with E-state index in [-0.39, 0.29) is 12.4 Å². The Labute approximate surface area is 192 Å². The number of hydrogen-bond acceptors (Lipinski definition) is 7. The zero-order valence-electron chi connectivity index (χ0n) is 17.5. The van der Waals surface area contributed by atoms with E-state index >= 15 is 0 Å². The first kappa shape index (κ1) is 22.3. The minimum absolute atomic E-state index is 0.0883. The molecule has 1 aromatic heterocycles. The smallest absolute Gasteiger partial charge is 0.230 e. The van der Waals surface area contributed by atoms with Gasteiger partial charge in [-0.15, -0.1) is 0 Å². The van der Waals surface area contributed by atoms with E-state index in [0.29, 0.717) is 35.2 Å². The molecule has 168 valence electrons. The number of aryl methyl sites for hydroxylation is 1. The van der Waals surface area contributed by atoms with E-state index in [0.717, 1.165) is 11.1 Å². The van der Waals surface area contributed by atoms with Crippen LogP contribution < -0.4 is 10.1 Å². The van der Waals surface area contributed by atoms with Gasteiger partial charge in [-0.05, 0) is 41.8 Å². The van der Waals surface area contributed by atoms with Crippen LogP contribution in [0.25, 0.3) is 11.4 Å². The average Bonchev–Trinajstić information content (AvgIpc) is 2.82. The van der Waals surface area contributed by atoms with Gasteiger partial charge in [-0.2, -0.15) is 4.98 Å². The molecule has 4 aromatic rings. The molecule has 7 nitrogen and oxygen atoms in total. The second kappa shape index (κ2) is 10.6. The summed E-state index contributed by atoms with van der Waals surface area (Å²) in [4.78, 5) is 12.8. The van der Waals surface area contributed by atoms with E-state index in [4.69, 9.17) is 4.74 Å². The van der Waals surface area contributed by atoms with E-state index in [9.17, 15) is 12.8 Å². The number of nitrogens with one attached hydrogen (secondary N) is 1. The molecule has 0 radical (unpaired) electrons. The van der Waals surface area contributed by atoms with E-state index < -0.39 is 16.5 Å². The summed E-state index contributed by atoms with van der Waals surface area (Å²) in [5.41, 5.74) is 3.08. The molecule has 0 unspecified atom stereocenters. The normalized spacial score (nSPS) is 10.8. The van der Waals surface area contributed by atoms with E-state index in [1.54, 1.807) is 6.07 Å². The molecule has 1 heterocycles. The highest BCUT2D eigenvalue weighted by Gasteiger charge is 2.13. The maximum absolute atomic E-state index is 13.9. The zero-order chi connectivity index (χ0) is 23.0. The van der Waals surface area contributed by atoms with Crippen molar-refractivity contribution in [2.45, 2.75) is 13.0 Å². The van der Waals surface area contributed by atoms with Gasteiger partial charge >= 0.3 is 0 Å². The summed E-state index contributed by atoms with van der Waals surface area (Å²) >= 11 is 0. The van der Waals surface area contributed by atoms with Gasteiger partial charge < -0.3 is 10.1 Å². The minimum Gasteiger partial charge on any atom is -0.488 e. The second-order valence-electron chi connectivity index (χ2n) is 7.18. The van der Waals surface area contributed by atoms with Gasteiger partial charge in [-0.25, -0.2) is 22.8 Å². The average molecular weight is 465 g/mol. The highest BCUT2D eigenvalue weighted by atomic mass is 32.2. The fraction of sp³-hybridized carbons (Fsp3) is 0.125. The summed E-state index contributed by atoms with van der Waals surface area (Å²) in [5, 5.41) is 3.10. The first-order chi connectivity index (χ1) is 16.1. The SMILES string of the molecule is O=[SH](=O)CCc1cccc(Nc2ncnc(-c3ccc(F)cc3OCc3ccccc3)n2)c1. The van der Waals surface area contributed by atoms with Crippen molar-refractivity contribution in [3.63, 3.8) is 0 Å². The van der Waals surface area contributed by atoms with Crippen LogP contribution in [0, 0.1) is 5.82 Å². The molecule has 4 rings (SSSR count). The van der Waals surface area contributed by atoms with Crippen molar-refractivity contribution in [2.75, 3.05) is 11.1 Å². The van der Waals surface area contributed by atoms with Crippen LogP contribution in [-0.2, 0) is 23.7 Å². The van der Waals surface area contributed by atoms with Gasteiger partial charge in [0.25, 0.3) is 0 Å². The molecule has 0 atom stereocenters. The molecule has 0 amide bonds. The summed E-state index contributed by atoms with van der Waals surface area (Å²) in [7, 11) is -2.43. The van der Waals surface area contributed by atoms with Crippen molar-refractivity contribution in [3.8, 4) is 17.1 Å². The highest BCUT2D eigenvalue weighted by Crippen LogP contribution is 2.29. The minimum atomic E-state index is -2.43. The lowest BCUT2D eigenvalue weighted by atomic mass is 10.1. The number of benzene rings is 3. The Morgan fingerprint density at radius 3 is 2.55 bits per heavy atom. The summed E-state index contributed by atoms with van der Waals surface area (Å²) in [5.74, 6) is 0.612. The van der Waals surface area contributed by atoms with Gasteiger partial charge in [0.1, 0.15) is 35.2 Å². The predicted octanol–water partition coefficient (Wildman–Crippen LogP) is 4.15. The van der Waals surface area contributed by atoms with Crippen molar-refractivity contribution in [2.24, 2.45) is 0 Å². The third kappa shape index (κ3) is 6.33. The lowest BCUT2D eigenvalue weighted by molar-refractivity contribution is 0.306. The molecule has 9 heteroatoms. The van der Waals surface area contributed by atoms with Crippen LogP contribution in [0.15, 0.2) is 79.1 Å². The largest absolute Gasteiger partial charge is 0.488 e. The van der Waals surface area contributed by atoms with Crippen molar-refractivity contribution >= 4 is 22.3 Å². The van der Waals surface area contributed by atoms with Crippen LogP contribution in [0.5, 0.6) is 5.75 Å². The van der Waals surface area contributed by atoms with Crippen molar-refractivity contribution in [1.82, 2.24) is 15.0 Å². The standard InChI is InChI=1S/C24H21FN4O3S/c25-19-9-10-21(22(14-19)32-15-18-5-2-1-3-6-18)23-26-16-27-24(29-23)28-20-8-4-7-17(13-20)11-12-33(30)31/h1-10,13-14,16,33H,11-12,15H2,(H,26,27,28,29). The summed E-state index contributed by atoms with van der Waals surface area (Å²) < 4.78 is 41.5. The van der Waals surface area contributed by atoms with Gasteiger partial charge in [0, 0.05) is 11.8 Å². The van der Waals surface area contributed by atoms with Gasteiger partial charge in [-0.3, -0.25) is 0 Å². The topological polar surface area (TPSA) is 94.1 Å². The molecule has 0 aliphatic carbocycles. The van der Waals surface area contributed by atoms with Crippen LogP contribution in [-0.4, -0.2) is 29.1 Å². The highest BCUT2D eigenvalue weighted by molar-refractivity contribution is 7.72. The maximum atomic E-state index is 13.9. The molecular weight excluding hydrogens is 443 g/mol. The Morgan fingerprint density at radius 1 is 0.909 bits per heavy atom. The number of thiol groups is 1. The van der Waals surface area contributed by atoms with Gasteiger partial charge in [0.05, 0.1) is 11.3 Å². The first-order valence-corrected chi connectivity index (χ1v) is 11.6. The van der Waals surface area contributed by atoms with Crippen molar-refractivity contribution < 1.29 is 17.5 Å². The zero-order valence-corrected chi connectivity index (χ0v) is 18.4. The van der Waals surface area contributed by atoms with E-state index in [2.05, 4.69) is 20.3 Å². The molecule has 1 N–H and O–H groups in total. The third-order valence-corrected chi connectivity index (χ3v) is 5.35. The first-order valence-electron chi connectivity index (χ1n) is 10.2. The lowest BCUT2D eigenvalue weighted by Gasteiger charge is -2.12. The summed E-state index contributed by atoms with van der Waals surface area (Å²) in [6.45, 7) is 0.273. The van der Waals surface area contributed by atoms with Crippen molar-refractivity contribution in [3.05, 3.63) is 96.1 Å². The molecule has 0 aliphatic rings. The molecule has 0 saturated heterocycles. The fourth-order valence-electron chi connectivity index (χ4n) is 3.18. The Hall–Kier alpha value is -3.85. The van der Waals surface area contributed by atoms with Crippen LogP contribution in [0.4, 0.5) is 16.0 Å².